The largest absolute Gasteiger partial charge is 0.385 e. The van der Waals surface area contributed by atoms with E-state index in [1.807, 2.05) is 31.2 Å². The molecule has 0 aromatic heterocycles. The molecule has 2 amide bonds. The van der Waals surface area contributed by atoms with Gasteiger partial charge in [-0.25, -0.2) is 0 Å². The number of nitrogens with one attached hydrogen (secondary N) is 2. The van der Waals surface area contributed by atoms with Gasteiger partial charge in [0.2, 0.25) is 5.91 Å². The summed E-state index contributed by atoms with van der Waals surface area (Å²) in [5.41, 5.74) is 3.07. The van der Waals surface area contributed by atoms with Crippen molar-refractivity contribution in [2.75, 3.05) is 19.6 Å². The van der Waals surface area contributed by atoms with Gasteiger partial charge in [0, 0.05) is 24.7 Å². The predicted molar refractivity (Wildman–Crippen MR) is 124 cm³/mol. The van der Waals surface area contributed by atoms with Crippen molar-refractivity contribution in [2.24, 2.45) is 0 Å². The Hall–Kier alpha value is -2.70. The lowest BCUT2D eigenvalue weighted by molar-refractivity contribution is -0.122. The quantitative estimate of drug-likeness (QED) is 0.652. The Morgan fingerprint density at radius 1 is 1.03 bits per heavy atom. The number of aliphatic hydroxyl groups is 1. The van der Waals surface area contributed by atoms with Crippen LogP contribution in [0, 0.1) is 13.8 Å². The molecular weight excluding hydrogens is 402 g/mol. The number of hydrogen-bond donors (Lipinski definition) is 3. The molecule has 2 fully saturated rings. The molecule has 1 heterocycles. The third kappa shape index (κ3) is 5.19. The van der Waals surface area contributed by atoms with E-state index in [1.54, 1.807) is 12.1 Å². The van der Waals surface area contributed by atoms with E-state index in [0.717, 1.165) is 49.9 Å². The molecule has 0 atom stereocenters. The summed E-state index contributed by atoms with van der Waals surface area (Å²) in [4.78, 5) is 26.8. The van der Waals surface area contributed by atoms with Crippen molar-refractivity contribution in [3.63, 3.8) is 0 Å². The fraction of sp³-hybridized carbons (Fsp3) is 0.462. The van der Waals surface area contributed by atoms with Crippen molar-refractivity contribution in [1.29, 1.82) is 0 Å². The van der Waals surface area contributed by atoms with Crippen LogP contribution in [0.1, 0.15) is 52.7 Å². The first-order chi connectivity index (χ1) is 15.3. The van der Waals surface area contributed by atoms with Gasteiger partial charge in [0.15, 0.2) is 0 Å². The van der Waals surface area contributed by atoms with E-state index in [2.05, 4.69) is 34.6 Å². The summed E-state index contributed by atoms with van der Waals surface area (Å²) in [6.07, 6.45) is 3.44. The summed E-state index contributed by atoms with van der Waals surface area (Å²) < 4.78 is 0. The smallest absolute Gasteiger partial charge is 0.251 e. The maximum Gasteiger partial charge on any atom is 0.251 e. The lowest BCUT2D eigenvalue weighted by Crippen LogP contribution is -2.63. The molecule has 170 valence electrons. The monoisotopic (exact) mass is 435 g/mol. The fourth-order valence-electron chi connectivity index (χ4n) is 4.83. The average Bonchev–Trinajstić information content (AvgIpc) is 2.75. The van der Waals surface area contributed by atoms with Crippen molar-refractivity contribution in [3.8, 4) is 0 Å². The highest BCUT2D eigenvalue weighted by Gasteiger charge is 2.40. The predicted octanol–water partition coefficient (Wildman–Crippen LogP) is 2.66. The first kappa shape index (κ1) is 22.5. The SMILES string of the molecule is Cc1ccc(C2(O)CCC(N3CC(NC(=O)CNC(=O)c4cccc(C)c4)C3)CC2)cc1. The topological polar surface area (TPSA) is 81.7 Å². The van der Waals surface area contributed by atoms with Crippen LogP contribution in [0.15, 0.2) is 48.5 Å². The molecule has 32 heavy (non-hydrogen) atoms. The van der Waals surface area contributed by atoms with Gasteiger partial charge in [0.25, 0.3) is 5.91 Å². The van der Waals surface area contributed by atoms with Crippen LogP contribution in [0.3, 0.4) is 0 Å². The highest BCUT2D eigenvalue weighted by molar-refractivity contribution is 5.96. The molecule has 2 aromatic carbocycles. The number of amides is 2. The van der Waals surface area contributed by atoms with Crippen LogP contribution in [0.5, 0.6) is 0 Å². The van der Waals surface area contributed by atoms with E-state index in [-0.39, 0.29) is 24.4 Å². The molecule has 0 spiro atoms. The van der Waals surface area contributed by atoms with Crippen molar-refractivity contribution >= 4 is 11.8 Å². The average molecular weight is 436 g/mol. The van der Waals surface area contributed by atoms with E-state index < -0.39 is 5.60 Å². The van der Waals surface area contributed by atoms with Crippen molar-refractivity contribution in [1.82, 2.24) is 15.5 Å². The summed E-state index contributed by atoms with van der Waals surface area (Å²) >= 11 is 0. The zero-order chi connectivity index (χ0) is 22.7. The minimum absolute atomic E-state index is 0.0176. The lowest BCUT2D eigenvalue weighted by Gasteiger charge is -2.48. The van der Waals surface area contributed by atoms with Gasteiger partial charge >= 0.3 is 0 Å². The lowest BCUT2D eigenvalue weighted by atomic mass is 9.76. The zero-order valence-electron chi connectivity index (χ0n) is 18.9. The normalized spacial score (nSPS) is 23.9. The molecule has 2 aromatic rings. The van der Waals surface area contributed by atoms with Gasteiger partial charge < -0.3 is 15.7 Å². The van der Waals surface area contributed by atoms with Gasteiger partial charge in [-0.05, 0) is 57.2 Å². The Labute approximate surface area is 190 Å². The summed E-state index contributed by atoms with van der Waals surface area (Å²) in [6.45, 7) is 5.62. The minimum Gasteiger partial charge on any atom is -0.385 e. The zero-order valence-corrected chi connectivity index (χ0v) is 18.9. The Morgan fingerprint density at radius 2 is 1.72 bits per heavy atom. The van der Waals surface area contributed by atoms with Crippen molar-refractivity contribution < 1.29 is 14.7 Å². The molecule has 6 nitrogen and oxygen atoms in total. The second-order valence-corrected chi connectivity index (χ2v) is 9.40. The highest BCUT2D eigenvalue weighted by atomic mass is 16.3. The third-order valence-electron chi connectivity index (χ3n) is 6.85. The van der Waals surface area contributed by atoms with Crippen LogP contribution in [-0.2, 0) is 10.4 Å². The molecule has 1 saturated heterocycles. The van der Waals surface area contributed by atoms with Gasteiger partial charge in [-0.15, -0.1) is 0 Å². The third-order valence-corrected chi connectivity index (χ3v) is 6.85. The summed E-state index contributed by atoms with van der Waals surface area (Å²) in [5, 5.41) is 16.8. The summed E-state index contributed by atoms with van der Waals surface area (Å²) in [5.74, 6) is -0.393. The second-order valence-electron chi connectivity index (χ2n) is 9.40. The first-order valence-corrected chi connectivity index (χ1v) is 11.5. The number of nitrogens with zero attached hydrogens (tertiary/aromatic N) is 1. The Kier molecular flexibility index (Phi) is 6.63. The number of carbonyl (C=O) groups excluding carboxylic acids is 2. The molecule has 4 rings (SSSR count). The van der Waals surface area contributed by atoms with E-state index in [9.17, 15) is 14.7 Å². The van der Waals surface area contributed by atoms with Crippen LogP contribution < -0.4 is 10.6 Å². The van der Waals surface area contributed by atoms with Crippen LogP contribution in [0.25, 0.3) is 0 Å². The fourth-order valence-corrected chi connectivity index (χ4v) is 4.83. The maximum atomic E-state index is 12.2. The molecule has 1 aliphatic carbocycles. The first-order valence-electron chi connectivity index (χ1n) is 11.5. The standard InChI is InChI=1S/C26H33N3O3/c1-18-6-8-21(9-7-18)26(32)12-10-23(11-13-26)29-16-22(17-29)28-24(30)15-27-25(31)20-5-3-4-19(2)14-20/h3-9,14,22-23,32H,10-13,15-17H2,1-2H3,(H,27,31)(H,28,30). The van der Waals surface area contributed by atoms with E-state index in [1.165, 1.54) is 5.56 Å². The van der Waals surface area contributed by atoms with Gasteiger partial charge in [-0.2, -0.15) is 0 Å². The van der Waals surface area contributed by atoms with Crippen LogP contribution >= 0.6 is 0 Å². The molecular formula is C26H33N3O3. The number of aryl methyl sites for hydroxylation is 2. The Bertz CT molecular complexity index is 959. The molecule has 2 aliphatic rings. The second kappa shape index (κ2) is 9.43. The van der Waals surface area contributed by atoms with Gasteiger partial charge in [-0.3, -0.25) is 14.5 Å². The van der Waals surface area contributed by atoms with Crippen molar-refractivity contribution in [2.45, 2.75) is 57.2 Å². The molecule has 0 unspecified atom stereocenters. The number of rotatable bonds is 6. The number of benzene rings is 2. The number of likely N-dealkylation sites (tertiary alicyclic amines) is 1. The molecule has 1 saturated carbocycles. The minimum atomic E-state index is -0.724. The van der Waals surface area contributed by atoms with Gasteiger partial charge in [0.05, 0.1) is 18.2 Å². The van der Waals surface area contributed by atoms with Gasteiger partial charge in [0.1, 0.15) is 0 Å². The van der Waals surface area contributed by atoms with Crippen LogP contribution in [-0.4, -0.2) is 53.5 Å². The maximum absolute atomic E-state index is 12.2. The summed E-state index contributed by atoms with van der Waals surface area (Å²) in [7, 11) is 0. The number of hydrogen-bond acceptors (Lipinski definition) is 4. The summed E-state index contributed by atoms with van der Waals surface area (Å²) in [6, 6.07) is 16.1. The van der Waals surface area contributed by atoms with Crippen LogP contribution in [0.2, 0.25) is 0 Å². The van der Waals surface area contributed by atoms with Crippen molar-refractivity contribution in [3.05, 3.63) is 70.8 Å². The van der Waals surface area contributed by atoms with E-state index >= 15 is 0 Å². The Balaban J connectivity index is 1.17. The van der Waals surface area contributed by atoms with E-state index in [0.29, 0.717) is 11.6 Å². The van der Waals surface area contributed by atoms with E-state index in [4.69, 9.17) is 0 Å². The molecule has 0 radical (unpaired) electrons. The number of carbonyl (C=O) groups is 2. The molecule has 3 N–H and O–H groups in total. The van der Waals surface area contributed by atoms with Gasteiger partial charge in [-0.1, -0.05) is 47.5 Å². The van der Waals surface area contributed by atoms with Crippen LogP contribution in [0.4, 0.5) is 0 Å². The molecule has 6 heteroatoms. The molecule has 1 aliphatic heterocycles. The highest BCUT2D eigenvalue weighted by Crippen LogP contribution is 2.39. The Morgan fingerprint density at radius 3 is 2.38 bits per heavy atom. The molecule has 0 bridgehead atoms.